The van der Waals surface area contributed by atoms with Gasteiger partial charge in [-0.2, -0.15) is 0 Å². The van der Waals surface area contributed by atoms with Gasteiger partial charge >= 0.3 is 0 Å². The number of rotatable bonds is 3. The minimum atomic E-state index is 0.361. The van der Waals surface area contributed by atoms with Crippen molar-refractivity contribution < 1.29 is 0 Å². The van der Waals surface area contributed by atoms with Gasteiger partial charge in [0.2, 0.25) is 0 Å². The Hall–Kier alpha value is -5.76. The fraction of sp³-hybridized carbons (Fsp3) is 0.0612. The maximum atomic E-state index is 2.46. The van der Waals surface area contributed by atoms with Gasteiger partial charge in [0.1, 0.15) is 0 Å². The van der Waals surface area contributed by atoms with Crippen LogP contribution < -0.4 is 0 Å². The van der Waals surface area contributed by atoms with Gasteiger partial charge in [-0.25, -0.2) is 0 Å². The molecule has 0 fully saturated rings. The van der Waals surface area contributed by atoms with E-state index in [-0.39, 0.29) is 0 Å². The van der Waals surface area contributed by atoms with Crippen LogP contribution in [0.25, 0.3) is 75.8 Å². The minimum Gasteiger partial charge on any atom is -0.135 e. The van der Waals surface area contributed by atoms with Crippen LogP contribution in [0.2, 0.25) is 0 Å². The summed E-state index contributed by atoms with van der Waals surface area (Å²) in [4.78, 5) is 0. The van der Waals surface area contributed by atoms with Crippen molar-refractivity contribution in [2.24, 2.45) is 0 Å². The molecular formula is C49H32S. The average Bonchev–Trinajstić information content (AvgIpc) is 3.76. The molecule has 0 spiro atoms. The van der Waals surface area contributed by atoms with E-state index >= 15 is 0 Å². The Balaban J connectivity index is 1.15. The first-order valence-electron chi connectivity index (χ1n) is 17.6. The van der Waals surface area contributed by atoms with E-state index in [4.69, 9.17) is 0 Å². The second-order valence-electron chi connectivity index (χ2n) is 14.0. The second-order valence-corrected chi connectivity index (χ2v) is 15.0. The van der Waals surface area contributed by atoms with Gasteiger partial charge in [0.25, 0.3) is 0 Å². The van der Waals surface area contributed by atoms with Crippen molar-refractivity contribution >= 4 is 31.5 Å². The summed E-state index contributed by atoms with van der Waals surface area (Å²) < 4.78 is 2.69. The zero-order valence-electron chi connectivity index (χ0n) is 27.4. The monoisotopic (exact) mass is 652 g/mol. The molecule has 0 nitrogen and oxygen atoms in total. The number of hydrogen-bond donors (Lipinski definition) is 0. The average molecular weight is 653 g/mol. The molecule has 3 aliphatic carbocycles. The molecule has 0 N–H and O–H groups in total. The van der Waals surface area contributed by atoms with Crippen LogP contribution in [0.15, 0.2) is 170 Å². The van der Waals surface area contributed by atoms with Gasteiger partial charge in [0, 0.05) is 32.0 Å². The standard InChI is InChI=1S/C49H32S/c1-2-12-35-31(11-1)29-46-36(18-9-20-38(35)46)33-25-32(26-34(27-33)37-19-10-21-45-44-17-7-8-22-48(44)50-49(37)45)30-23-24-43-41-15-4-3-13-39(41)40-14-5-6-16-42(40)47(43)28-30/h1-28,39,41H,29H2. The van der Waals surface area contributed by atoms with Gasteiger partial charge < -0.3 is 0 Å². The fourth-order valence-electron chi connectivity index (χ4n) is 9.00. The van der Waals surface area contributed by atoms with E-state index in [1.54, 1.807) is 0 Å². The summed E-state index contributed by atoms with van der Waals surface area (Å²) in [6, 6.07) is 55.0. The first-order valence-corrected chi connectivity index (χ1v) is 18.4. The van der Waals surface area contributed by atoms with Crippen LogP contribution in [0.3, 0.4) is 0 Å². The third-order valence-corrected chi connectivity index (χ3v) is 12.5. The SMILES string of the molecule is C1=CC2c3ccccc3-c3cc(-c4cc(-c5cccc6c5Cc5ccccc5-6)cc(-c5cccc6c5sc5ccccc56)c4)ccc3C2C=C1. The first-order chi connectivity index (χ1) is 24.8. The van der Waals surface area contributed by atoms with Crippen molar-refractivity contribution in [3.8, 4) is 55.6 Å². The summed E-state index contributed by atoms with van der Waals surface area (Å²) in [5.41, 5.74) is 18.8. The summed E-state index contributed by atoms with van der Waals surface area (Å²) in [6.07, 6.45) is 10.2. The summed E-state index contributed by atoms with van der Waals surface area (Å²) in [5, 5.41) is 2.67. The molecular weight excluding hydrogens is 621 g/mol. The molecule has 0 aliphatic heterocycles. The quantitative estimate of drug-likeness (QED) is 0.178. The van der Waals surface area contributed by atoms with Crippen molar-refractivity contribution in [2.45, 2.75) is 18.3 Å². The van der Waals surface area contributed by atoms with Crippen molar-refractivity contribution in [3.63, 3.8) is 0 Å². The van der Waals surface area contributed by atoms with Crippen LogP contribution >= 0.6 is 11.3 Å². The molecule has 1 heterocycles. The predicted octanol–water partition coefficient (Wildman–Crippen LogP) is 13.6. The Morgan fingerprint density at radius 1 is 0.420 bits per heavy atom. The molecule has 11 rings (SSSR count). The molecule has 234 valence electrons. The van der Waals surface area contributed by atoms with Gasteiger partial charge in [-0.3, -0.25) is 0 Å². The van der Waals surface area contributed by atoms with Crippen LogP contribution in [-0.4, -0.2) is 0 Å². The maximum Gasteiger partial charge on any atom is 0.0433 e. The molecule has 0 saturated heterocycles. The van der Waals surface area contributed by atoms with E-state index in [0.717, 1.165) is 6.42 Å². The van der Waals surface area contributed by atoms with E-state index < -0.39 is 0 Å². The van der Waals surface area contributed by atoms with Crippen LogP contribution in [0.5, 0.6) is 0 Å². The van der Waals surface area contributed by atoms with Crippen LogP contribution in [0.1, 0.15) is 34.1 Å². The second kappa shape index (κ2) is 10.9. The van der Waals surface area contributed by atoms with Gasteiger partial charge in [-0.05, 0) is 115 Å². The van der Waals surface area contributed by atoms with E-state index in [1.165, 1.54) is 98.1 Å². The van der Waals surface area contributed by atoms with Crippen LogP contribution in [0, 0.1) is 0 Å². The van der Waals surface area contributed by atoms with Crippen molar-refractivity contribution in [2.75, 3.05) is 0 Å². The van der Waals surface area contributed by atoms with E-state index in [0.29, 0.717) is 11.8 Å². The first kappa shape index (κ1) is 28.1. The van der Waals surface area contributed by atoms with Gasteiger partial charge in [-0.1, -0.05) is 140 Å². The lowest BCUT2D eigenvalue weighted by molar-refractivity contribution is 0.720. The molecule has 0 radical (unpaired) electrons. The Morgan fingerprint density at radius 3 is 1.96 bits per heavy atom. The van der Waals surface area contributed by atoms with E-state index in [2.05, 4.69) is 170 Å². The van der Waals surface area contributed by atoms with Crippen molar-refractivity contribution in [1.82, 2.24) is 0 Å². The zero-order valence-corrected chi connectivity index (χ0v) is 28.3. The Bertz CT molecular complexity index is 2750. The third-order valence-electron chi connectivity index (χ3n) is 11.3. The summed E-state index contributed by atoms with van der Waals surface area (Å²) in [6.45, 7) is 0. The fourth-order valence-corrected chi connectivity index (χ4v) is 10.2. The Kier molecular flexibility index (Phi) is 6.11. The highest BCUT2D eigenvalue weighted by Gasteiger charge is 2.32. The molecule has 1 aromatic heterocycles. The van der Waals surface area contributed by atoms with E-state index in [1.807, 2.05) is 11.3 Å². The minimum absolute atomic E-state index is 0.361. The molecule has 1 heteroatoms. The van der Waals surface area contributed by atoms with Crippen molar-refractivity contribution in [3.05, 3.63) is 192 Å². The van der Waals surface area contributed by atoms with Crippen LogP contribution in [-0.2, 0) is 6.42 Å². The molecule has 0 bridgehead atoms. The predicted molar refractivity (Wildman–Crippen MR) is 213 cm³/mol. The van der Waals surface area contributed by atoms with Gasteiger partial charge in [0.05, 0.1) is 0 Å². The third kappa shape index (κ3) is 4.17. The molecule has 2 atom stereocenters. The number of benzene rings is 7. The highest BCUT2D eigenvalue weighted by Crippen LogP contribution is 2.51. The lowest BCUT2D eigenvalue weighted by atomic mass is 9.69. The lowest BCUT2D eigenvalue weighted by Gasteiger charge is -2.34. The normalized spacial score (nSPS) is 16.6. The molecule has 8 aromatic rings. The van der Waals surface area contributed by atoms with Gasteiger partial charge in [0.15, 0.2) is 0 Å². The number of allylic oxidation sites excluding steroid dienone is 4. The largest absolute Gasteiger partial charge is 0.135 e. The van der Waals surface area contributed by atoms with Crippen LogP contribution in [0.4, 0.5) is 0 Å². The van der Waals surface area contributed by atoms with Gasteiger partial charge in [-0.15, -0.1) is 11.3 Å². The van der Waals surface area contributed by atoms with E-state index in [9.17, 15) is 0 Å². The Morgan fingerprint density at radius 2 is 1.06 bits per heavy atom. The summed E-state index contributed by atoms with van der Waals surface area (Å²) >= 11 is 1.91. The molecule has 7 aromatic carbocycles. The topological polar surface area (TPSA) is 0 Å². The molecule has 0 saturated carbocycles. The molecule has 3 aliphatic rings. The molecule has 50 heavy (non-hydrogen) atoms. The number of fused-ring (bicyclic) bond motifs is 12. The summed E-state index contributed by atoms with van der Waals surface area (Å²) in [5.74, 6) is 0.746. The smallest absolute Gasteiger partial charge is 0.0433 e. The maximum absolute atomic E-state index is 2.46. The summed E-state index contributed by atoms with van der Waals surface area (Å²) in [7, 11) is 0. The van der Waals surface area contributed by atoms with Crippen molar-refractivity contribution in [1.29, 1.82) is 0 Å². The highest BCUT2D eigenvalue weighted by atomic mass is 32.1. The number of hydrogen-bond acceptors (Lipinski definition) is 1. The molecule has 0 amide bonds. The zero-order chi connectivity index (χ0) is 32.8. The Labute approximate surface area is 296 Å². The highest BCUT2D eigenvalue weighted by molar-refractivity contribution is 7.26. The number of thiophene rings is 1. The molecule has 2 unspecified atom stereocenters. The lowest BCUT2D eigenvalue weighted by Crippen LogP contribution is -2.16.